The molecule has 94 valence electrons. The van der Waals surface area contributed by atoms with E-state index in [-0.39, 0.29) is 0 Å². The highest BCUT2D eigenvalue weighted by Gasteiger charge is 2.37. The number of hydrogen-bond acceptors (Lipinski definition) is 6. The molecule has 0 fully saturated rings. The molecule has 6 nitrogen and oxygen atoms in total. The van der Waals surface area contributed by atoms with Crippen LogP contribution in [0.15, 0.2) is 24.3 Å². The smallest absolute Gasteiger partial charge is 0.374 e. The van der Waals surface area contributed by atoms with Gasteiger partial charge in [-0.25, -0.2) is 14.2 Å². The van der Waals surface area contributed by atoms with Gasteiger partial charge in [0.25, 0.3) is 5.52 Å². The van der Waals surface area contributed by atoms with E-state index in [1.165, 1.54) is 26.0 Å². The molecule has 0 aliphatic carbocycles. The molecule has 0 spiro atoms. The largest absolute Gasteiger partial charge is 0.502 e. The van der Waals surface area contributed by atoms with E-state index >= 15 is 0 Å². The molecule has 0 bridgehead atoms. The Morgan fingerprint density at radius 2 is 1.29 bits per heavy atom. The van der Waals surface area contributed by atoms with Crippen LogP contribution in [0.25, 0.3) is 0 Å². The SMILES string of the molecule is C/C=C/C(=O)OP(=O)(OC(=O)/C=C/C)C(C)=O. The first-order valence-corrected chi connectivity index (χ1v) is 6.23. The zero-order valence-corrected chi connectivity index (χ0v) is 10.6. The highest BCUT2D eigenvalue weighted by molar-refractivity contribution is 7.72. The van der Waals surface area contributed by atoms with Crippen molar-refractivity contribution < 1.29 is 28.0 Å². The van der Waals surface area contributed by atoms with E-state index in [1.807, 2.05) is 0 Å². The van der Waals surface area contributed by atoms with Crippen molar-refractivity contribution in [3.8, 4) is 0 Å². The van der Waals surface area contributed by atoms with Gasteiger partial charge in [0.1, 0.15) is 0 Å². The van der Waals surface area contributed by atoms with Crippen molar-refractivity contribution in [3.05, 3.63) is 24.3 Å². The predicted octanol–water partition coefficient (Wildman–Crippen LogP) is 1.96. The summed E-state index contributed by atoms with van der Waals surface area (Å²) >= 11 is 0. The normalized spacial score (nSPS) is 11.7. The van der Waals surface area contributed by atoms with Gasteiger partial charge in [0.2, 0.25) is 0 Å². The van der Waals surface area contributed by atoms with E-state index in [1.54, 1.807) is 0 Å². The van der Waals surface area contributed by atoms with E-state index in [9.17, 15) is 18.9 Å². The minimum atomic E-state index is -4.40. The average Bonchev–Trinajstić information content (AvgIpc) is 2.17. The second kappa shape index (κ2) is 6.81. The van der Waals surface area contributed by atoms with Gasteiger partial charge in [-0.1, -0.05) is 12.2 Å². The predicted molar refractivity (Wildman–Crippen MR) is 60.1 cm³/mol. The minimum absolute atomic E-state index is 0.909. The fraction of sp³-hybridized carbons (Fsp3) is 0.300. The van der Waals surface area contributed by atoms with Crippen LogP contribution in [-0.2, 0) is 28.0 Å². The standard InChI is InChI=1S/C10H13O6P/c1-4-6-9(12)15-17(14,8(3)11)16-10(13)7-5-2/h4-7H,1-3H3/b6-4+,7-5+. The Morgan fingerprint density at radius 1 is 0.941 bits per heavy atom. The van der Waals surface area contributed by atoms with Gasteiger partial charge in [-0.3, -0.25) is 4.79 Å². The van der Waals surface area contributed by atoms with Crippen molar-refractivity contribution in [1.29, 1.82) is 0 Å². The van der Waals surface area contributed by atoms with Gasteiger partial charge in [-0.05, 0) is 13.8 Å². The third-order valence-corrected chi connectivity index (χ3v) is 3.02. The Kier molecular flexibility index (Phi) is 6.13. The second-order valence-electron chi connectivity index (χ2n) is 2.84. The van der Waals surface area contributed by atoms with Crippen LogP contribution in [0, 0.1) is 0 Å². The summed E-state index contributed by atoms with van der Waals surface area (Å²) in [5.41, 5.74) is -1.02. The zero-order chi connectivity index (χ0) is 13.5. The Labute approximate surface area is 98.8 Å². The monoisotopic (exact) mass is 260 g/mol. The molecular weight excluding hydrogens is 247 g/mol. The fourth-order valence-corrected chi connectivity index (χ4v) is 1.61. The highest BCUT2D eigenvalue weighted by atomic mass is 31.2. The van der Waals surface area contributed by atoms with Gasteiger partial charge in [0, 0.05) is 19.1 Å². The van der Waals surface area contributed by atoms with Crippen LogP contribution in [-0.4, -0.2) is 17.5 Å². The first kappa shape index (κ1) is 15.3. The summed E-state index contributed by atoms with van der Waals surface area (Å²) in [5.74, 6) is -2.03. The Hall–Kier alpha value is -1.68. The molecule has 0 saturated heterocycles. The lowest BCUT2D eigenvalue weighted by atomic mass is 10.5. The third kappa shape index (κ3) is 5.26. The second-order valence-corrected chi connectivity index (χ2v) is 4.83. The Balaban J connectivity index is 4.93. The van der Waals surface area contributed by atoms with Crippen LogP contribution in [0.3, 0.4) is 0 Å². The highest BCUT2D eigenvalue weighted by Crippen LogP contribution is 2.49. The van der Waals surface area contributed by atoms with Gasteiger partial charge >= 0.3 is 19.5 Å². The summed E-state index contributed by atoms with van der Waals surface area (Å²) in [6, 6.07) is 0. The molecule has 0 radical (unpaired) electrons. The third-order valence-electron chi connectivity index (χ3n) is 1.41. The molecule has 0 N–H and O–H groups in total. The summed E-state index contributed by atoms with van der Waals surface area (Å²) in [7, 11) is -4.40. The molecule has 0 aliphatic rings. The van der Waals surface area contributed by atoms with Gasteiger partial charge in [-0.2, -0.15) is 0 Å². The summed E-state index contributed by atoms with van der Waals surface area (Å²) in [6.45, 7) is 3.98. The number of carbonyl (C=O) groups is 3. The first-order chi connectivity index (χ1) is 7.85. The molecule has 7 heteroatoms. The van der Waals surface area contributed by atoms with Crippen LogP contribution in [0.4, 0.5) is 0 Å². The lowest BCUT2D eigenvalue weighted by Crippen LogP contribution is -2.10. The van der Waals surface area contributed by atoms with Crippen LogP contribution >= 0.6 is 7.60 Å². The lowest BCUT2D eigenvalue weighted by molar-refractivity contribution is -0.135. The number of carbonyl (C=O) groups excluding carboxylic acids is 3. The molecule has 0 aromatic rings. The van der Waals surface area contributed by atoms with Crippen molar-refractivity contribution in [3.63, 3.8) is 0 Å². The van der Waals surface area contributed by atoms with E-state index in [4.69, 9.17) is 0 Å². The molecule has 17 heavy (non-hydrogen) atoms. The van der Waals surface area contributed by atoms with Gasteiger partial charge < -0.3 is 9.05 Å². The zero-order valence-electron chi connectivity index (χ0n) is 9.71. The molecule has 0 atom stereocenters. The van der Waals surface area contributed by atoms with Gasteiger partial charge in [-0.15, -0.1) is 0 Å². The molecule has 0 aromatic heterocycles. The van der Waals surface area contributed by atoms with Crippen molar-refractivity contribution in [1.82, 2.24) is 0 Å². The van der Waals surface area contributed by atoms with Crippen LogP contribution < -0.4 is 0 Å². The molecule has 0 heterocycles. The van der Waals surface area contributed by atoms with E-state index in [0.29, 0.717) is 0 Å². The molecule has 0 rings (SSSR count). The summed E-state index contributed by atoms with van der Waals surface area (Å²) in [5, 5.41) is 0. The van der Waals surface area contributed by atoms with Gasteiger partial charge in [0.15, 0.2) is 0 Å². The topological polar surface area (TPSA) is 86.7 Å². The molecule has 0 aliphatic heterocycles. The van der Waals surface area contributed by atoms with Gasteiger partial charge in [0.05, 0.1) is 0 Å². The molecule has 0 amide bonds. The number of hydrogen-bond donors (Lipinski definition) is 0. The van der Waals surface area contributed by atoms with Crippen LogP contribution in [0.5, 0.6) is 0 Å². The van der Waals surface area contributed by atoms with E-state index < -0.39 is 25.1 Å². The summed E-state index contributed by atoms with van der Waals surface area (Å²) in [6.07, 6.45) is 4.58. The van der Waals surface area contributed by atoms with E-state index in [0.717, 1.165) is 19.1 Å². The van der Waals surface area contributed by atoms with Crippen molar-refractivity contribution >= 4 is 25.1 Å². The fourth-order valence-electron chi connectivity index (χ4n) is 0.717. The van der Waals surface area contributed by atoms with Crippen LogP contribution in [0.1, 0.15) is 20.8 Å². The summed E-state index contributed by atoms with van der Waals surface area (Å²) in [4.78, 5) is 33.2. The molecule has 0 aromatic carbocycles. The Bertz CT molecular complexity index is 391. The van der Waals surface area contributed by atoms with Crippen molar-refractivity contribution in [2.45, 2.75) is 20.8 Å². The maximum atomic E-state index is 11.8. The van der Waals surface area contributed by atoms with Crippen LogP contribution in [0.2, 0.25) is 0 Å². The average molecular weight is 260 g/mol. The van der Waals surface area contributed by atoms with Crippen molar-refractivity contribution in [2.75, 3.05) is 0 Å². The number of allylic oxidation sites excluding steroid dienone is 2. The Morgan fingerprint density at radius 3 is 1.53 bits per heavy atom. The minimum Gasteiger partial charge on any atom is -0.374 e. The van der Waals surface area contributed by atoms with Crippen molar-refractivity contribution in [2.24, 2.45) is 0 Å². The lowest BCUT2D eigenvalue weighted by Gasteiger charge is -2.12. The maximum absolute atomic E-state index is 11.8. The molecule has 0 saturated carbocycles. The maximum Gasteiger partial charge on any atom is 0.502 e. The first-order valence-electron chi connectivity index (χ1n) is 4.69. The molecule has 0 unspecified atom stereocenters. The summed E-state index contributed by atoms with van der Waals surface area (Å²) < 4.78 is 20.5. The molecular formula is C10H13O6P. The van der Waals surface area contributed by atoms with E-state index in [2.05, 4.69) is 9.05 Å². The quantitative estimate of drug-likeness (QED) is 0.554. The number of rotatable bonds is 5.